The SMILES string of the molecule is CC.CC.COC(=O)C(CC1=CC(OC)=CC(OC)=CC1)c1ccc(Oc2ccc(C=O)cc2)cc1. The molecule has 1 atom stereocenters. The van der Waals surface area contributed by atoms with E-state index in [1.165, 1.54) is 7.11 Å². The van der Waals surface area contributed by atoms with Gasteiger partial charge < -0.3 is 18.9 Å². The van der Waals surface area contributed by atoms with Crippen molar-refractivity contribution >= 4 is 12.3 Å². The van der Waals surface area contributed by atoms with Crippen LogP contribution in [0.2, 0.25) is 0 Å². The van der Waals surface area contributed by atoms with E-state index in [1.807, 2.05) is 70.2 Å². The number of methoxy groups -OCH3 is 3. The molecule has 1 aliphatic carbocycles. The lowest BCUT2D eigenvalue weighted by Crippen LogP contribution is -2.15. The molecule has 0 fully saturated rings. The lowest BCUT2D eigenvalue weighted by molar-refractivity contribution is -0.142. The van der Waals surface area contributed by atoms with Crippen LogP contribution in [-0.2, 0) is 19.0 Å². The molecule has 0 heterocycles. The molecular weight excluding hydrogens is 456 g/mol. The molecule has 1 unspecified atom stereocenters. The van der Waals surface area contributed by atoms with Crippen LogP contribution >= 0.6 is 0 Å². The second-order valence-corrected chi connectivity index (χ2v) is 7.21. The summed E-state index contributed by atoms with van der Waals surface area (Å²) in [5.74, 6) is 1.84. The van der Waals surface area contributed by atoms with Crippen molar-refractivity contribution in [2.75, 3.05) is 21.3 Å². The fraction of sp³-hybridized carbons (Fsp3) is 0.333. The second kappa shape index (κ2) is 16.8. The van der Waals surface area contributed by atoms with Crippen molar-refractivity contribution in [3.05, 3.63) is 95.0 Å². The number of aldehydes is 1. The molecule has 3 rings (SSSR count). The van der Waals surface area contributed by atoms with Crippen molar-refractivity contribution in [2.45, 2.75) is 46.5 Å². The van der Waals surface area contributed by atoms with Gasteiger partial charge in [-0.2, -0.15) is 0 Å². The summed E-state index contributed by atoms with van der Waals surface area (Å²) in [5, 5.41) is 0. The standard InChI is InChI=1S/C26H26O6.2C2H6/c1-29-23-11-6-19(14-24(16-23)30-2)15-25(26(28)31-3)20-7-12-22(13-8-20)32-21-9-4-18(17-27)5-10-21;2*1-2/h4-5,7-14,16-17,25H,6,15H2,1-3H3;2*1-2H3. The van der Waals surface area contributed by atoms with Gasteiger partial charge in [-0.1, -0.05) is 45.4 Å². The van der Waals surface area contributed by atoms with Crippen molar-refractivity contribution < 1.29 is 28.5 Å². The van der Waals surface area contributed by atoms with Crippen LogP contribution in [0.3, 0.4) is 0 Å². The van der Waals surface area contributed by atoms with E-state index in [1.54, 1.807) is 38.5 Å². The third-order valence-corrected chi connectivity index (χ3v) is 5.15. The van der Waals surface area contributed by atoms with Gasteiger partial charge in [0.1, 0.15) is 29.3 Å². The molecule has 6 heteroatoms. The van der Waals surface area contributed by atoms with E-state index >= 15 is 0 Å². The highest BCUT2D eigenvalue weighted by atomic mass is 16.5. The van der Waals surface area contributed by atoms with Gasteiger partial charge in [-0.25, -0.2) is 0 Å². The molecule has 1 aliphatic rings. The number of carbonyl (C=O) groups is 2. The Hall–Kier alpha value is -3.80. The number of benzene rings is 2. The zero-order valence-electron chi connectivity index (χ0n) is 22.4. The van der Waals surface area contributed by atoms with Gasteiger partial charge in [-0.3, -0.25) is 9.59 Å². The van der Waals surface area contributed by atoms with Crippen LogP contribution in [0.4, 0.5) is 0 Å². The summed E-state index contributed by atoms with van der Waals surface area (Å²) in [6.45, 7) is 8.00. The molecule has 194 valence electrons. The smallest absolute Gasteiger partial charge is 0.313 e. The Kier molecular flexibility index (Phi) is 14.1. The number of hydrogen-bond donors (Lipinski definition) is 0. The largest absolute Gasteiger partial charge is 0.497 e. The van der Waals surface area contributed by atoms with E-state index in [-0.39, 0.29) is 5.97 Å². The maximum Gasteiger partial charge on any atom is 0.313 e. The average Bonchev–Trinajstić information content (AvgIpc) is 3.16. The first-order valence-electron chi connectivity index (χ1n) is 12.2. The van der Waals surface area contributed by atoms with Gasteiger partial charge in [-0.05, 0) is 67.0 Å². The summed E-state index contributed by atoms with van der Waals surface area (Å²) in [5.41, 5.74) is 2.43. The molecule has 0 radical (unpaired) electrons. The molecule has 6 nitrogen and oxygen atoms in total. The van der Waals surface area contributed by atoms with Crippen LogP contribution in [0.15, 0.2) is 83.9 Å². The predicted octanol–water partition coefficient (Wildman–Crippen LogP) is 7.38. The molecule has 36 heavy (non-hydrogen) atoms. The molecule has 0 saturated heterocycles. The van der Waals surface area contributed by atoms with Crippen molar-refractivity contribution in [3.63, 3.8) is 0 Å². The Bertz CT molecular complexity index is 1030. The van der Waals surface area contributed by atoms with Gasteiger partial charge >= 0.3 is 5.97 Å². The highest BCUT2D eigenvalue weighted by Gasteiger charge is 2.23. The van der Waals surface area contributed by atoms with Crippen LogP contribution in [-0.4, -0.2) is 33.6 Å². The minimum atomic E-state index is -0.470. The summed E-state index contributed by atoms with van der Waals surface area (Å²) in [7, 11) is 4.60. The van der Waals surface area contributed by atoms with Gasteiger partial charge in [0.15, 0.2) is 0 Å². The molecule has 0 aliphatic heterocycles. The van der Waals surface area contributed by atoms with E-state index in [9.17, 15) is 9.59 Å². The van der Waals surface area contributed by atoms with Gasteiger partial charge in [-0.15, -0.1) is 0 Å². The number of ether oxygens (including phenoxy) is 4. The number of allylic oxidation sites excluding steroid dienone is 4. The third kappa shape index (κ3) is 9.10. The summed E-state index contributed by atoms with van der Waals surface area (Å²) in [6, 6.07) is 14.2. The van der Waals surface area contributed by atoms with Gasteiger partial charge in [0, 0.05) is 11.6 Å². The zero-order chi connectivity index (χ0) is 26.9. The van der Waals surface area contributed by atoms with Crippen LogP contribution in [0.5, 0.6) is 11.5 Å². The van der Waals surface area contributed by atoms with E-state index in [4.69, 9.17) is 18.9 Å². The zero-order valence-corrected chi connectivity index (χ0v) is 22.4. The summed E-state index contributed by atoms with van der Waals surface area (Å²) < 4.78 is 21.6. The van der Waals surface area contributed by atoms with Crippen LogP contribution in [0.1, 0.15) is 62.4 Å². The molecular formula is C30H38O6. The summed E-state index contributed by atoms with van der Waals surface area (Å²) in [6.07, 6.45) is 7.60. The minimum Gasteiger partial charge on any atom is -0.497 e. The summed E-state index contributed by atoms with van der Waals surface area (Å²) in [4.78, 5) is 23.4. The highest BCUT2D eigenvalue weighted by Crippen LogP contribution is 2.31. The molecule has 0 spiro atoms. The van der Waals surface area contributed by atoms with Crippen molar-refractivity contribution in [3.8, 4) is 11.5 Å². The predicted molar refractivity (Wildman–Crippen MR) is 143 cm³/mol. The van der Waals surface area contributed by atoms with Crippen LogP contribution in [0, 0.1) is 0 Å². The Labute approximate surface area is 215 Å². The Morgan fingerprint density at radius 2 is 1.39 bits per heavy atom. The minimum absolute atomic E-state index is 0.313. The molecule has 0 bridgehead atoms. The quantitative estimate of drug-likeness (QED) is 0.267. The monoisotopic (exact) mass is 494 g/mol. The highest BCUT2D eigenvalue weighted by molar-refractivity contribution is 5.78. The Balaban J connectivity index is 0.00000154. The molecule has 0 aromatic heterocycles. The first-order valence-corrected chi connectivity index (χ1v) is 12.2. The van der Waals surface area contributed by atoms with E-state index in [2.05, 4.69) is 0 Å². The van der Waals surface area contributed by atoms with E-state index < -0.39 is 5.92 Å². The number of carbonyl (C=O) groups excluding carboxylic acids is 2. The van der Waals surface area contributed by atoms with E-state index in [0.717, 1.165) is 17.4 Å². The van der Waals surface area contributed by atoms with Gasteiger partial charge in [0.05, 0.1) is 27.2 Å². The van der Waals surface area contributed by atoms with Crippen molar-refractivity contribution in [2.24, 2.45) is 0 Å². The fourth-order valence-corrected chi connectivity index (χ4v) is 3.40. The molecule has 0 amide bonds. The second-order valence-electron chi connectivity index (χ2n) is 7.21. The molecule has 2 aromatic rings. The Morgan fingerprint density at radius 3 is 1.89 bits per heavy atom. The first kappa shape index (κ1) is 30.2. The normalized spacial score (nSPS) is 12.9. The molecule has 0 N–H and O–H groups in total. The third-order valence-electron chi connectivity index (χ3n) is 5.15. The maximum atomic E-state index is 12.6. The topological polar surface area (TPSA) is 71.1 Å². The molecule has 0 saturated carbocycles. The number of rotatable bonds is 9. The summed E-state index contributed by atoms with van der Waals surface area (Å²) >= 11 is 0. The van der Waals surface area contributed by atoms with Crippen LogP contribution < -0.4 is 4.74 Å². The van der Waals surface area contributed by atoms with Crippen LogP contribution in [0.25, 0.3) is 0 Å². The lowest BCUT2D eigenvalue weighted by atomic mass is 9.90. The van der Waals surface area contributed by atoms with Gasteiger partial charge in [0.25, 0.3) is 0 Å². The van der Waals surface area contributed by atoms with Crippen molar-refractivity contribution in [1.82, 2.24) is 0 Å². The van der Waals surface area contributed by atoms with Gasteiger partial charge in [0.2, 0.25) is 0 Å². The van der Waals surface area contributed by atoms with Crippen molar-refractivity contribution in [1.29, 1.82) is 0 Å². The molecule has 2 aromatic carbocycles. The number of esters is 1. The number of hydrogen-bond acceptors (Lipinski definition) is 6. The first-order chi connectivity index (χ1) is 17.6. The van der Waals surface area contributed by atoms with E-state index in [0.29, 0.717) is 41.4 Å². The lowest BCUT2D eigenvalue weighted by Gasteiger charge is -2.17. The fourth-order valence-electron chi connectivity index (χ4n) is 3.40. The Morgan fingerprint density at radius 1 is 0.833 bits per heavy atom. The maximum absolute atomic E-state index is 12.6. The average molecular weight is 495 g/mol.